The summed E-state index contributed by atoms with van der Waals surface area (Å²) in [6.07, 6.45) is 2.23. The maximum Gasteiger partial charge on any atom is 0.192 e. The van der Waals surface area contributed by atoms with E-state index in [1.54, 1.807) is 0 Å². The number of halogens is 1. The lowest BCUT2D eigenvalue weighted by Gasteiger charge is -1.99. The van der Waals surface area contributed by atoms with Gasteiger partial charge in [0.1, 0.15) is 5.52 Å². The van der Waals surface area contributed by atoms with Crippen LogP contribution in [0.3, 0.4) is 0 Å². The Morgan fingerprint density at radius 2 is 2.21 bits per heavy atom. The Morgan fingerprint density at radius 3 is 2.93 bits per heavy atom. The highest BCUT2D eigenvalue weighted by Crippen LogP contribution is 2.26. The van der Waals surface area contributed by atoms with E-state index in [9.17, 15) is 0 Å². The lowest BCUT2D eigenvalue weighted by molar-refractivity contribution is 0.559. The molecule has 0 N–H and O–H groups in total. The van der Waals surface area contributed by atoms with Gasteiger partial charge in [-0.2, -0.15) is 0 Å². The fraction of sp³-hybridized carbons (Fsp3) is 0.364. The van der Waals surface area contributed by atoms with Crippen molar-refractivity contribution in [3.8, 4) is 0 Å². The van der Waals surface area contributed by atoms with E-state index in [-0.39, 0.29) is 0 Å². The van der Waals surface area contributed by atoms with Crippen LogP contribution in [0.25, 0.3) is 11.1 Å². The summed E-state index contributed by atoms with van der Waals surface area (Å²) in [5.74, 6) is 0.717. The van der Waals surface area contributed by atoms with Gasteiger partial charge in [-0.3, -0.25) is 0 Å². The van der Waals surface area contributed by atoms with Gasteiger partial charge >= 0.3 is 0 Å². The largest absolute Gasteiger partial charge is 0.440 e. The molecule has 2 aromatic rings. The van der Waals surface area contributed by atoms with E-state index in [1.807, 2.05) is 6.92 Å². The van der Waals surface area contributed by atoms with E-state index in [0.717, 1.165) is 28.4 Å². The minimum absolute atomic E-state index is 0.717. The first-order valence-corrected chi connectivity index (χ1v) is 5.55. The maximum absolute atomic E-state index is 5.47. The van der Waals surface area contributed by atoms with Crippen LogP contribution in [-0.2, 0) is 6.42 Å². The fourth-order valence-corrected chi connectivity index (χ4v) is 2.17. The Labute approximate surface area is 91.5 Å². The molecule has 0 amide bonds. The number of fused-ring (bicyclic) bond motifs is 1. The molecule has 3 heteroatoms. The molecular weight excluding hydrogens is 242 g/mol. The average molecular weight is 254 g/mol. The zero-order valence-corrected chi connectivity index (χ0v) is 9.89. The van der Waals surface area contributed by atoms with Crippen LogP contribution < -0.4 is 0 Å². The van der Waals surface area contributed by atoms with Gasteiger partial charge in [0.2, 0.25) is 0 Å². The van der Waals surface area contributed by atoms with Crippen molar-refractivity contribution in [1.82, 2.24) is 4.98 Å². The molecule has 14 heavy (non-hydrogen) atoms. The molecule has 0 radical (unpaired) electrons. The second kappa shape index (κ2) is 3.73. The molecule has 1 heterocycles. The van der Waals surface area contributed by atoms with Gasteiger partial charge < -0.3 is 4.42 Å². The van der Waals surface area contributed by atoms with E-state index >= 15 is 0 Å². The summed E-state index contributed by atoms with van der Waals surface area (Å²) in [6.45, 7) is 4.04. The fourth-order valence-electron chi connectivity index (χ4n) is 1.59. The van der Waals surface area contributed by atoms with Crippen LogP contribution >= 0.6 is 15.9 Å². The highest BCUT2D eigenvalue weighted by atomic mass is 79.9. The lowest BCUT2D eigenvalue weighted by atomic mass is 10.1. The van der Waals surface area contributed by atoms with Gasteiger partial charge in [-0.15, -0.1) is 0 Å². The minimum Gasteiger partial charge on any atom is -0.440 e. The number of rotatable bonds is 2. The van der Waals surface area contributed by atoms with E-state index in [2.05, 4.69) is 40.0 Å². The summed E-state index contributed by atoms with van der Waals surface area (Å²) in [7, 11) is 0. The average Bonchev–Trinajstić information content (AvgIpc) is 2.47. The van der Waals surface area contributed by atoms with Crippen LogP contribution in [0.5, 0.6) is 0 Å². The van der Waals surface area contributed by atoms with Gasteiger partial charge in [0.05, 0.1) is 4.47 Å². The van der Waals surface area contributed by atoms with Crippen LogP contribution in [-0.4, -0.2) is 4.98 Å². The molecular formula is C11H12BrNO. The predicted molar refractivity (Wildman–Crippen MR) is 60.4 cm³/mol. The van der Waals surface area contributed by atoms with Crippen molar-refractivity contribution in [1.29, 1.82) is 0 Å². The van der Waals surface area contributed by atoms with Crippen LogP contribution in [0.2, 0.25) is 0 Å². The summed E-state index contributed by atoms with van der Waals surface area (Å²) in [4.78, 5) is 4.32. The van der Waals surface area contributed by atoms with Crippen molar-refractivity contribution in [2.45, 2.75) is 26.7 Å². The molecule has 0 aliphatic heterocycles. The third-order valence-electron chi connectivity index (χ3n) is 2.15. The van der Waals surface area contributed by atoms with Crippen LogP contribution in [0.15, 0.2) is 21.0 Å². The number of hydrogen-bond donors (Lipinski definition) is 0. The van der Waals surface area contributed by atoms with E-state index in [0.29, 0.717) is 5.89 Å². The molecule has 1 aromatic heterocycles. The number of aromatic nitrogens is 1. The number of oxazole rings is 1. The third-order valence-corrected chi connectivity index (χ3v) is 2.74. The predicted octanol–water partition coefficient (Wildman–Crippen LogP) is 3.85. The molecule has 1 aromatic carbocycles. The Bertz CT molecular complexity index is 462. The molecule has 0 fully saturated rings. The van der Waals surface area contributed by atoms with E-state index < -0.39 is 0 Å². The summed E-state index contributed by atoms with van der Waals surface area (Å²) >= 11 is 3.50. The molecule has 0 aliphatic carbocycles. The van der Waals surface area contributed by atoms with Gasteiger partial charge in [-0.25, -0.2) is 4.98 Å². The van der Waals surface area contributed by atoms with Crippen molar-refractivity contribution in [2.24, 2.45) is 0 Å². The second-order valence-corrected chi connectivity index (χ2v) is 4.26. The van der Waals surface area contributed by atoms with Crippen molar-refractivity contribution >= 4 is 27.0 Å². The first-order valence-electron chi connectivity index (χ1n) is 4.76. The molecule has 0 bridgehead atoms. The molecule has 0 spiro atoms. The molecule has 0 saturated heterocycles. The van der Waals surface area contributed by atoms with Gasteiger partial charge in [0.15, 0.2) is 11.5 Å². The Balaban J connectivity index is 2.59. The van der Waals surface area contributed by atoms with Gasteiger partial charge in [-0.05, 0) is 40.0 Å². The molecule has 0 atom stereocenters. The molecule has 0 unspecified atom stereocenters. The van der Waals surface area contributed by atoms with Gasteiger partial charge in [-0.1, -0.05) is 13.3 Å². The van der Waals surface area contributed by atoms with E-state index in [1.165, 1.54) is 5.56 Å². The second-order valence-electron chi connectivity index (χ2n) is 3.41. The summed E-state index contributed by atoms with van der Waals surface area (Å²) in [5.41, 5.74) is 3.10. The zero-order chi connectivity index (χ0) is 10.1. The highest BCUT2D eigenvalue weighted by Gasteiger charge is 2.07. The standard InChI is InChI=1S/C11H12BrNO/c1-3-4-8-5-9(12)11-10(6-8)13-7(2)14-11/h5-6H,3-4H2,1-2H3. The molecule has 74 valence electrons. The first kappa shape index (κ1) is 9.71. The summed E-state index contributed by atoms with van der Waals surface area (Å²) in [6, 6.07) is 4.20. The monoisotopic (exact) mass is 253 g/mol. The van der Waals surface area contributed by atoms with Crippen LogP contribution in [0.4, 0.5) is 0 Å². The SMILES string of the molecule is CCCc1cc(Br)c2oc(C)nc2c1. The number of benzene rings is 1. The Hall–Kier alpha value is -0.830. The Kier molecular flexibility index (Phi) is 2.59. The van der Waals surface area contributed by atoms with Crippen molar-refractivity contribution in [2.75, 3.05) is 0 Å². The molecule has 0 saturated carbocycles. The zero-order valence-electron chi connectivity index (χ0n) is 8.30. The van der Waals surface area contributed by atoms with Gasteiger partial charge in [0.25, 0.3) is 0 Å². The minimum atomic E-state index is 0.717. The van der Waals surface area contributed by atoms with Crippen LogP contribution in [0.1, 0.15) is 24.8 Å². The van der Waals surface area contributed by atoms with Crippen molar-refractivity contribution in [3.63, 3.8) is 0 Å². The third kappa shape index (κ3) is 1.69. The Morgan fingerprint density at radius 1 is 1.43 bits per heavy atom. The quantitative estimate of drug-likeness (QED) is 0.813. The maximum atomic E-state index is 5.47. The molecule has 2 nitrogen and oxygen atoms in total. The smallest absolute Gasteiger partial charge is 0.192 e. The number of aryl methyl sites for hydroxylation is 2. The number of nitrogens with zero attached hydrogens (tertiary/aromatic N) is 1. The first-order chi connectivity index (χ1) is 6.70. The van der Waals surface area contributed by atoms with Crippen molar-refractivity contribution in [3.05, 3.63) is 28.1 Å². The van der Waals surface area contributed by atoms with Gasteiger partial charge in [0, 0.05) is 6.92 Å². The molecule has 0 aliphatic rings. The number of hydrogen-bond acceptors (Lipinski definition) is 2. The normalized spacial score (nSPS) is 11.1. The summed E-state index contributed by atoms with van der Waals surface area (Å²) < 4.78 is 6.47. The highest BCUT2D eigenvalue weighted by molar-refractivity contribution is 9.10. The lowest BCUT2D eigenvalue weighted by Crippen LogP contribution is -1.83. The summed E-state index contributed by atoms with van der Waals surface area (Å²) in [5, 5.41) is 0. The molecule has 2 rings (SSSR count). The van der Waals surface area contributed by atoms with E-state index in [4.69, 9.17) is 4.42 Å². The van der Waals surface area contributed by atoms with Crippen LogP contribution in [0, 0.1) is 6.92 Å². The topological polar surface area (TPSA) is 26.0 Å². The van der Waals surface area contributed by atoms with Crippen molar-refractivity contribution < 1.29 is 4.42 Å².